The molecule has 0 fully saturated rings. The predicted octanol–water partition coefficient (Wildman–Crippen LogP) is 4.67. The highest BCUT2D eigenvalue weighted by Gasteiger charge is 2.25. The summed E-state index contributed by atoms with van der Waals surface area (Å²) in [4.78, 5) is 55.5. The first-order valence-corrected chi connectivity index (χ1v) is 12.5. The normalized spacial score (nSPS) is 11.6. The molecule has 9 nitrogen and oxygen atoms in total. The molecule has 4 rings (SSSR count). The topological polar surface area (TPSA) is 119 Å². The standard InChI is InChI=1S/C27H26N4O5S/c1-4-21(24(33)30-20-12-10-19(11-13-20)29-17(3)32)31-15-28-25-22(26(31)34)16(2)23(37-25)27(35)36-14-18-8-6-5-7-9-18/h5-13,15,21H,4,14H2,1-3H3,(H,29,32)(H,30,33). The molecule has 0 saturated carbocycles. The average Bonchev–Trinajstić information content (AvgIpc) is 3.23. The second kappa shape index (κ2) is 11.2. The Balaban J connectivity index is 1.55. The minimum atomic E-state index is -0.813. The van der Waals surface area contributed by atoms with Crippen LogP contribution in [0.15, 0.2) is 65.7 Å². The number of hydrogen-bond donors (Lipinski definition) is 2. The van der Waals surface area contributed by atoms with Crippen molar-refractivity contribution in [2.45, 2.75) is 39.8 Å². The SMILES string of the molecule is CCC(C(=O)Nc1ccc(NC(C)=O)cc1)n1cnc2sc(C(=O)OCc3ccccc3)c(C)c2c1=O. The second-order valence-electron chi connectivity index (χ2n) is 8.43. The highest BCUT2D eigenvalue weighted by molar-refractivity contribution is 7.20. The van der Waals surface area contributed by atoms with Crippen LogP contribution >= 0.6 is 11.3 Å². The smallest absolute Gasteiger partial charge is 0.349 e. The van der Waals surface area contributed by atoms with Crippen molar-refractivity contribution in [3.63, 3.8) is 0 Å². The molecule has 37 heavy (non-hydrogen) atoms. The molecule has 1 atom stereocenters. The Morgan fingerprint density at radius 2 is 1.68 bits per heavy atom. The van der Waals surface area contributed by atoms with E-state index in [-0.39, 0.29) is 18.4 Å². The van der Waals surface area contributed by atoms with E-state index in [1.165, 1.54) is 17.8 Å². The maximum atomic E-state index is 13.4. The van der Waals surface area contributed by atoms with E-state index in [1.54, 1.807) is 38.1 Å². The van der Waals surface area contributed by atoms with Gasteiger partial charge in [0.15, 0.2) is 0 Å². The maximum Gasteiger partial charge on any atom is 0.349 e. The molecule has 1 unspecified atom stereocenters. The summed E-state index contributed by atoms with van der Waals surface area (Å²) in [5.41, 5.74) is 2.07. The molecule has 2 amide bonds. The van der Waals surface area contributed by atoms with Gasteiger partial charge in [-0.1, -0.05) is 37.3 Å². The van der Waals surface area contributed by atoms with Crippen LogP contribution in [0.5, 0.6) is 0 Å². The molecule has 2 N–H and O–H groups in total. The lowest BCUT2D eigenvalue weighted by atomic mass is 10.1. The number of aryl methyl sites for hydroxylation is 1. The van der Waals surface area contributed by atoms with Crippen LogP contribution in [0.3, 0.4) is 0 Å². The van der Waals surface area contributed by atoms with Crippen LogP contribution in [0.2, 0.25) is 0 Å². The zero-order valence-electron chi connectivity index (χ0n) is 20.6. The van der Waals surface area contributed by atoms with Gasteiger partial charge in [0, 0.05) is 18.3 Å². The Morgan fingerprint density at radius 1 is 1.03 bits per heavy atom. The van der Waals surface area contributed by atoms with E-state index < -0.39 is 17.6 Å². The fraction of sp³-hybridized carbons (Fsp3) is 0.222. The van der Waals surface area contributed by atoms with E-state index in [0.29, 0.717) is 38.5 Å². The van der Waals surface area contributed by atoms with Crippen molar-refractivity contribution >= 4 is 50.7 Å². The molecule has 0 aliphatic carbocycles. The third-order valence-electron chi connectivity index (χ3n) is 5.77. The molecule has 190 valence electrons. The minimum Gasteiger partial charge on any atom is -0.457 e. The van der Waals surface area contributed by atoms with E-state index in [4.69, 9.17) is 4.74 Å². The molecule has 2 heterocycles. The van der Waals surface area contributed by atoms with Gasteiger partial charge < -0.3 is 15.4 Å². The van der Waals surface area contributed by atoms with Gasteiger partial charge in [-0.2, -0.15) is 0 Å². The first-order chi connectivity index (χ1) is 17.8. The quantitative estimate of drug-likeness (QED) is 0.327. The van der Waals surface area contributed by atoms with Gasteiger partial charge in [0.1, 0.15) is 22.4 Å². The van der Waals surface area contributed by atoms with Crippen molar-refractivity contribution in [2.24, 2.45) is 0 Å². The van der Waals surface area contributed by atoms with Crippen LogP contribution in [-0.2, 0) is 20.9 Å². The van der Waals surface area contributed by atoms with Crippen molar-refractivity contribution in [3.8, 4) is 0 Å². The van der Waals surface area contributed by atoms with Gasteiger partial charge in [-0.05, 0) is 48.7 Å². The van der Waals surface area contributed by atoms with Gasteiger partial charge in [0.25, 0.3) is 5.56 Å². The number of aromatic nitrogens is 2. The summed E-state index contributed by atoms with van der Waals surface area (Å²) in [6.07, 6.45) is 1.69. The number of hydrogen-bond acceptors (Lipinski definition) is 7. The van der Waals surface area contributed by atoms with Crippen molar-refractivity contribution in [2.75, 3.05) is 10.6 Å². The summed E-state index contributed by atoms with van der Waals surface area (Å²) in [6.45, 7) is 5.02. The van der Waals surface area contributed by atoms with Gasteiger partial charge in [0.05, 0.1) is 11.7 Å². The molecule has 0 radical (unpaired) electrons. The molecule has 0 aliphatic rings. The Hall–Kier alpha value is -4.31. The Bertz CT molecular complexity index is 1510. The maximum absolute atomic E-state index is 13.4. The summed E-state index contributed by atoms with van der Waals surface area (Å²) < 4.78 is 6.74. The number of esters is 1. The number of nitrogens with one attached hydrogen (secondary N) is 2. The van der Waals surface area contributed by atoms with E-state index in [9.17, 15) is 19.2 Å². The highest BCUT2D eigenvalue weighted by atomic mass is 32.1. The summed E-state index contributed by atoms with van der Waals surface area (Å²) in [5.74, 6) is -1.10. The lowest BCUT2D eigenvalue weighted by Gasteiger charge is -2.18. The molecule has 0 spiro atoms. The molecule has 0 saturated heterocycles. The second-order valence-corrected chi connectivity index (χ2v) is 9.43. The van der Waals surface area contributed by atoms with E-state index in [0.717, 1.165) is 16.9 Å². The van der Waals surface area contributed by atoms with Crippen LogP contribution in [0.25, 0.3) is 10.2 Å². The number of amides is 2. The lowest BCUT2D eigenvalue weighted by Crippen LogP contribution is -2.33. The van der Waals surface area contributed by atoms with Gasteiger partial charge in [-0.15, -0.1) is 11.3 Å². The third-order valence-corrected chi connectivity index (χ3v) is 6.95. The molecule has 2 aromatic carbocycles. The average molecular weight is 519 g/mol. The van der Waals surface area contributed by atoms with Gasteiger partial charge in [0.2, 0.25) is 11.8 Å². The van der Waals surface area contributed by atoms with Gasteiger partial charge >= 0.3 is 5.97 Å². The molecular weight excluding hydrogens is 492 g/mol. The van der Waals surface area contributed by atoms with Crippen molar-refractivity contribution in [1.82, 2.24) is 9.55 Å². The molecule has 10 heteroatoms. The fourth-order valence-corrected chi connectivity index (χ4v) is 4.95. The van der Waals surface area contributed by atoms with Crippen molar-refractivity contribution in [1.29, 1.82) is 0 Å². The summed E-state index contributed by atoms with van der Waals surface area (Å²) in [5, 5.41) is 5.77. The van der Waals surface area contributed by atoms with Gasteiger partial charge in [-0.3, -0.25) is 19.0 Å². The minimum absolute atomic E-state index is 0.120. The third kappa shape index (κ3) is 5.75. The summed E-state index contributed by atoms with van der Waals surface area (Å²) in [7, 11) is 0. The number of rotatable bonds is 8. The predicted molar refractivity (Wildman–Crippen MR) is 143 cm³/mol. The highest BCUT2D eigenvalue weighted by Crippen LogP contribution is 2.28. The van der Waals surface area contributed by atoms with E-state index in [2.05, 4.69) is 15.6 Å². The summed E-state index contributed by atoms with van der Waals surface area (Å²) in [6, 6.07) is 15.2. The Labute approximate surface area is 217 Å². The Morgan fingerprint density at radius 3 is 2.30 bits per heavy atom. The number of fused-ring (bicyclic) bond motifs is 1. The van der Waals surface area contributed by atoms with Crippen molar-refractivity contribution < 1.29 is 19.1 Å². The fourth-order valence-electron chi connectivity index (χ4n) is 3.92. The largest absolute Gasteiger partial charge is 0.457 e. The van der Waals surface area contributed by atoms with E-state index >= 15 is 0 Å². The molecular formula is C27H26N4O5S. The number of thiophene rings is 1. The number of carbonyl (C=O) groups is 3. The number of anilines is 2. The van der Waals surface area contributed by atoms with Crippen LogP contribution in [0.1, 0.15) is 47.1 Å². The molecule has 2 aromatic heterocycles. The van der Waals surface area contributed by atoms with E-state index in [1.807, 2.05) is 30.3 Å². The zero-order chi connectivity index (χ0) is 26.5. The number of carbonyl (C=O) groups excluding carboxylic acids is 3. The van der Waals surface area contributed by atoms with Crippen LogP contribution in [-0.4, -0.2) is 27.3 Å². The van der Waals surface area contributed by atoms with Crippen LogP contribution in [0, 0.1) is 6.92 Å². The first kappa shape index (κ1) is 25.8. The lowest BCUT2D eigenvalue weighted by molar-refractivity contribution is -0.119. The number of nitrogens with zero attached hydrogens (tertiary/aromatic N) is 2. The summed E-state index contributed by atoms with van der Waals surface area (Å²) >= 11 is 1.10. The first-order valence-electron chi connectivity index (χ1n) is 11.7. The molecule has 4 aromatic rings. The van der Waals surface area contributed by atoms with Crippen molar-refractivity contribution in [3.05, 3.63) is 87.3 Å². The van der Waals surface area contributed by atoms with Crippen LogP contribution in [0.4, 0.5) is 11.4 Å². The number of benzene rings is 2. The monoisotopic (exact) mass is 518 g/mol. The Kier molecular flexibility index (Phi) is 7.78. The molecule has 0 bridgehead atoms. The van der Waals surface area contributed by atoms with Gasteiger partial charge in [-0.25, -0.2) is 9.78 Å². The molecule has 0 aliphatic heterocycles. The zero-order valence-corrected chi connectivity index (χ0v) is 21.4. The number of ether oxygens (including phenoxy) is 1. The van der Waals surface area contributed by atoms with Crippen LogP contribution < -0.4 is 16.2 Å².